The van der Waals surface area contributed by atoms with Crippen LogP contribution in [0.1, 0.15) is 6.92 Å². The highest BCUT2D eigenvalue weighted by atomic mass is 32.1. The predicted octanol–water partition coefficient (Wildman–Crippen LogP) is 0.324. The lowest BCUT2D eigenvalue weighted by atomic mass is 10.2. The van der Waals surface area contributed by atoms with Crippen molar-refractivity contribution in [1.29, 1.82) is 0 Å². The largest absolute Gasteiger partial charge is 0.355 e. The van der Waals surface area contributed by atoms with Crippen molar-refractivity contribution in [1.82, 2.24) is 8.75 Å². The van der Waals surface area contributed by atoms with E-state index in [-0.39, 0.29) is 10.6 Å². The summed E-state index contributed by atoms with van der Waals surface area (Å²) in [5.41, 5.74) is 1.77. The second-order valence-corrected chi connectivity index (χ2v) is 5.44. The average molecular weight is 294 g/mol. The molecule has 0 unspecified atom stereocenters. The Balaban J connectivity index is 1.99. The number of piperazine rings is 1. The van der Waals surface area contributed by atoms with Gasteiger partial charge in [-0.2, -0.15) is 8.75 Å². The molecule has 0 atom stereocenters. The van der Waals surface area contributed by atoms with Gasteiger partial charge in [-0.1, -0.05) is 0 Å². The van der Waals surface area contributed by atoms with E-state index >= 15 is 0 Å². The third kappa shape index (κ3) is 2.20. The van der Waals surface area contributed by atoms with Gasteiger partial charge in [-0.15, -0.1) is 0 Å². The molecule has 1 aliphatic rings. The molecule has 0 amide bonds. The Morgan fingerprint density at radius 3 is 2.80 bits per heavy atom. The standard InChI is InChI=1S/C12H15N5O2S/c1-2-15-5-7-16(8-6-15)10-4-3-9-11(14-20-13-9)12(10)17(18)19/h3-4H,2,5-8H2,1H3/p+1. The minimum atomic E-state index is -0.335. The molecule has 0 radical (unpaired) electrons. The Kier molecular flexibility index (Phi) is 3.49. The van der Waals surface area contributed by atoms with Gasteiger partial charge in [0.2, 0.25) is 0 Å². The third-order valence-corrected chi connectivity index (χ3v) is 4.42. The molecule has 2 heterocycles. The summed E-state index contributed by atoms with van der Waals surface area (Å²) in [6.45, 7) is 6.98. The predicted molar refractivity (Wildman–Crippen MR) is 77.5 cm³/mol. The number of hydrogen-bond donors (Lipinski definition) is 1. The monoisotopic (exact) mass is 294 g/mol. The topological polar surface area (TPSA) is 76.6 Å². The molecule has 1 N–H and O–H groups in total. The SMILES string of the molecule is CC[NH+]1CCN(c2ccc3nsnc3c2[N+](=O)[O-])CC1. The minimum Gasteiger partial charge on any atom is -0.355 e. The van der Waals surface area contributed by atoms with Crippen LogP contribution in [0.3, 0.4) is 0 Å². The minimum absolute atomic E-state index is 0.0937. The highest BCUT2D eigenvalue weighted by molar-refractivity contribution is 7.00. The third-order valence-electron chi connectivity index (χ3n) is 3.87. The molecule has 0 saturated carbocycles. The number of anilines is 1. The number of aromatic nitrogens is 2. The molecule has 8 heteroatoms. The van der Waals surface area contributed by atoms with Gasteiger partial charge in [-0.05, 0) is 19.1 Å². The van der Waals surface area contributed by atoms with Crippen molar-refractivity contribution in [2.45, 2.75) is 6.92 Å². The molecular weight excluding hydrogens is 278 g/mol. The Morgan fingerprint density at radius 2 is 2.15 bits per heavy atom. The smallest absolute Gasteiger partial charge is 0.321 e. The van der Waals surface area contributed by atoms with E-state index in [4.69, 9.17) is 0 Å². The van der Waals surface area contributed by atoms with Crippen LogP contribution in [-0.2, 0) is 0 Å². The van der Waals surface area contributed by atoms with E-state index in [0.717, 1.165) is 44.5 Å². The van der Waals surface area contributed by atoms with E-state index in [2.05, 4.69) is 20.6 Å². The van der Waals surface area contributed by atoms with Gasteiger partial charge in [-0.3, -0.25) is 10.1 Å². The summed E-state index contributed by atoms with van der Waals surface area (Å²) < 4.78 is 8.16. The lowest BCUT2D eigenvalue weighted by Crippen LogP contribution is -3.14. The molecule has 1 aromatic carbocycles. The van der Waals surface area contributed by atoms with E-state index in [1.165, 1.54) is 0 Å². The van der Waals surface area contributed by atoms with Crippen LogP contribution in [0.15, 0.2) is 12.1 Å². The number of nitrogens with one attached hydrogen (secondary N) is 1. The number of likely N-dealkylation sites (N-methyl/N-ethyl adjacent to an activating group) is 1. The van der Waals surface area contributed by atoms with Crippen LogP contribution >= 0.6 is 11.7 Å². The van der Waals surface area contributed by atoms with Gasteiger partial charge in [0.25, 0.3) is 0 Å². The van der Waals surface area contributed by atoms with Crippen molar-refractivity contribution in [3.8, 4) is 0 Å². The van der Waals surface area contributed by atoms with E-state index in [9.17, 15) is 10.1 Å². The fourth-order valence-electron chi connectivity index (χ4n) is 2.68. The zero-order valence-electron chi connectivity index (χ0n) is 11.2. The van der Waals surface area contributed by atoms with Crippen LogP contribution in [0.25, 0.3) is 11.0 Å². The molecule has 7 nitrogen and oxygen atoms in total. The van der Waals surface area contributed by atoms with Crippen LogP contribution in [0.4, 0.5) is 11.4 Å². The normalized spacial score (nSPS) is 16.8. The molecule has 0 aliphatic carbocycles. The summed E-state index contributed by atoms with van der Waals surface area (Å²) in [4.78, 5) is 14.7. The van der Waals surface area contributed by atoms with Gasteiger partial charge in [0.05, 0.1) is 49.4 Å². The summed E-state index contributed by atoms with van der Waals surface area (Å²) in [6, 6.07) is 3.62. The van der Waals surface area contributed by atoms with E-state index in [1.54, 1.807) is 11.0 Å². The summed E-state index contributed by atoms with van der Waals surface area (Å²) in [6.07, 6.45) is 0. The van der Waals surface area contributed by atoms with Gasteiger partial charge >= 0.3 is 5.69 Å². The molecule has 3 rings (SSSR count). The maximum Gasteiger partial charge on any atom is 0.321 e. The number of quaternary nitrogens is 1. The Bertz CT molecular complexity index is 636. The van der Waals surface area contributed by atoms with Crippen LogP contribution in [0.2, 0.25) is 0 Å². The molecule has 106 valence electrons. The zero-order valence-corrected chi connectivity index (χ0v) is 12.0. The Morgan fingerprint density at radius 1 is 1.40 bits per heavy atom. The molecule has 1 aliphatic heterocycles. The summed E-state index contributed by atoms with van der Waals surface area (Å²) >= 11 is 1.02. The van der Waals surface area contributed by atoms with Crippen LogP contribution in [-0.4, -0.2) is 46.4 Å². The molecule has 20 heavy (non-hydrogen) atoms. The van der Waals surface area contributed by atoms with Crippen LogP contribution in [0, 0.1) is 10.1 Å². The Hall–Kier alpha value is -1.80. The molecular formula is C12H16N5O2S+. The molecule has 0 spiro atoms. The number of nitrogens with zero attached hydrogens (tertiary/aromatic N) is 4. The highest BCUT2D eigenvalue weighted by Gasteiger charge is 2.28. The van der Waals surface area contributed by atoms with E-state index < -0.39 is 0 Å². The van der Waals surface area contributed by atoms with Gasteiger partial charge in [-0.25, -0.2) is 0 Å². The first kappa shape index (κ1) is 13.2. The van der Waals surface area contributed by atoms with Crippen molar-refractivity contribution in [2.75, 3.05) is 37.6 Å². The summed E-state index contributed by atoms with van der Waals surface area (Å²) in [7, 11) is 0. The van der Waals surface area contributed by atoms with Gasteiger partial charge in [0, 0.05) is 0 Å². The van der Waals surface area contributed by atoms with Crippen molar-refractivity contribution in [2.24, 2.45) is 0 Å². The average Bonchev–Trinajstić information content (AvgIpc) is 2.94. The maximum absolute atomic E-state index is 11.4. The van der Waals surface area contributed by atoms with E-state index in [0.29, 0.717) is 16.7 Å². The van der Waals surface area contributed by atoms with Crippen molar-refractivity contribution >= 4 is 34.1 Å². The van der Waals surface area contributed by atoms with Crippen LogP contribution < -0.4 is 9.80 Å². The fraction of sp³-hybridized carbons (Fsp3) is 0.500. The lowest BCUT2D eigenvalue weighted by Gasteiger charge is -2.32. The van der Waals surface area contributed by atoms with Crippen LogP contribution in [0.5, 0.6) is 0 Å². The molecule has 1 fully saturated rings. The fourth-order valence-corrected chi connectivity index (χ4v) is 3.22. The van der Waals surface area contributed by atoms with Crippen molar-refractivity contribution < 1.29 is 9.82 Å². The first-order valence-electron chi connectivity index (χ1n) is 6.69. The van der Waals surface area contributed by atoms with Crippen molar-refractivity contribution in [3.05, 3.63) is 22.2 Å². The zero-order chi connectivity index (χ0) is 14.1. The number of nitro benzene ring substituents is 1. The van der Waals surface area contributed by atoms with E-state index in [1.807, 2.05) is 6.07 Å². The van der Waals surface area contributed by atoms with Gasteiger partial charge in [0.1, 0.15) is 11.2 Å². The first-order chi connectivity index (χ1) is 9.70. The quantitative estimate of drug-likeness (QED) is 0.652. The van der Waals surface area contributed by atoms with Crippen molar-refractivity contribution in [3.63, 3.8) is 0 Å². The second-order valence-electron chi connectivity index (χ2n) is 4.91. The number of nitro groups is 1. The maximum atomic E-state index is 11.4. The molecule has 0 bridgehead atoms. The molecule has 1 saturated heterocycles. The Labute approximate surface area is 120 Å². The summed E-state index contributed by atoms with van der Waals surface area (Å²) in [5.74, 6) is 0. The second kappa shape index (κ2) is 5.29. The molecule has 2 aromatic rings. The summed E-state index contributed by atoms with van der Waals surface area (Å²) in [5, 5.41) is 11.4. The first-order valence-corrected chi connectivity index (χ1v) is 7.42. The number of benzene rings is 1. The molecule has 1 aromatic heterocycles. The number of hydrogen-bond acceptors (Lipinski definition) is 6. The van der Waals surface area contributed by atoms with Gasteiger partial charge < -0.3 is 9.80 Å². The lowest BCUT2D eigenvalue weighted by molar-refractivity contribution is -0.898. The number of rotatable bonds is 3. The number of fused-ring (bicyclic) bond motifs is 1. The highest BCUT2D eigenvalue weighted by Crippen LogP contribution is 2.34. The van der Waals surface area contributed by atoms with Gasteiger partial charge in [0.15, 0.2) is 5.52 Å².